The molecule has 1 aromatic heterocycles. The molecule has 0 fully saturated rings. The Morgan fingerprint density at radius 1 is 1.15 bits per heavy atom. The van der Waals surface area contributed by atoms with Crippen molar-refractivity contribution in [2.75, 3.05) is 18.2 Å². The molecule has 0 spiro atoms. The van der Waals surface area contributed by atoms with Crippen LogP contribution in [0.4, 0.5) is 5.69 Å². The molecule has 4 rings (SSSR count). The molecular weight excluding hydrogens is 360 g/mol. The summed E-state index contributed by atoms with van der Waals surface area (Å²) in [5.41, 5.74) is 3.43. The fourth-order valence-corrected chi connectivity index (χ4v) is 3.49. The van der Waals surface area contributed by atoms with Gasteiger partial charge < -0.3 is 14.8 Å². The van der Waals surface area contributed by atoms with Gasteiger partial charge in [-0.3, -0.25) is 0 Å². The second-order valence-corrected chi connectivity index (χ2v) is 7.12. The van der Waals surface area contributed by atoms with Crippen LogP contribution in [0.25, 0.3) is 11.3 Å². The van der Waals surface area contributed by atoms with Crippen LogP contribution in [0.2, 0.25) is 0 Å². The van der Waals surface area contributed by atoms with Crippen molar-refractivity contribution >= 4 is 17.4 Å². The second kappa shape index (κ2) is 7.84. The number of thioether (sulfide) groups is 1. The van der Waals surface area contributed by atoms with E-state index >= 15 is 0 Å². The van der Waals surface area contributed by atoms with Gasteiger partial charge in [0.25, 0.3) is 0 Å². The third kappa shape index (κ3) is 3.68. The van der Waals surface area contributed by atoms with Crippen molar-refractivity contribution in [1.29, 1.82) is 0 Å². The molecule has 3 aromatic rings. The summed E-state index contributed by atoms with van der Waals surface area (Å²) in [4.78, 5) is 4.62. The third-order valence-electron chi connectivity index (χ3n) is 4.17. The molecule has 0 radical (unpaired) electrons. The minimum absolute atomic E-state index is 0.414. The highest BCUT2D eigenvalue weighted by Gasteiger charge is 2.26. The van der Waals surface area contributed by atoms with Gasteiger partial charge in [0, 0.05) is 22.6 Å². The van der Waals surface area contributed by atoms with E-state index in [1.54, 1.807) is 18.9 Å². The van der Waals surface area contributed by atoms with Crippen molar-refractivity contribution in [1.82, 2.24) is 15.2 Å². The molecule has 0 aliphatic carbocycles. The summed E-state index contributed by atoms with van der Waals surface area (Å²) in [6.07, 6.45) is 0.631. The fourth-order valence-electron chi connectivity index (χ4n) is 2.86. The standard InChI is InChI=1S/C20H20N4O2S/c1-3-11-27-20-22-19-17(23-24-20)15-9-4-5-10-16(15)21-18(26-19)13-7-6-8-14(12-13)25-2/h4-10,12,18,21H,3,11H2,1-2H3. The molecule has 27 heavy (non-hydrogen) atoms. The molecule has 1 N–H and O–H groups in total. The van der Waals surface area contributed by atoms with Crippen molar-refractivity contribution in [2.45, 2.75) is 24.7 Å². The second-order valence-electron chi connectivity index (χ2n) is 6.06. The Balaban J connectivity index is 1.78. The number of hydrogen-bond donors (Lipinski definition) is 1. The molecular formula is C20H20N4O2S. The lowest BCUT2D eigenvalue weighted by molar-refractivity contribution is 0.224. The van der Waals surface area contributed by atoms with Crippen molar-refractivity contribution in [3.8, 4) is 22.9 Å². The zero-order chi connectivity index (χ0) is 18.6. The normalized spacial score (nSPS) is 15.0. The number of benzene rings is 2. The van der Waals surface area contributed by atoms with E-state index in [1.807, 2.05) is 48.5 Å². The number of nitrogens with zero attached hydrogens (tertiary/aromatic N) is 3. The summed E-state index contributed by atoms with van der Waals surface area (Å²) in [5.74, 6) is 2.19. The van der Waals surface area contributed by atoms with E-state index in [4.69, 9.17) is 9.47 Å². The minimum Gasteiger partial charge on any atom is -0.497 e. The van der Waals surface area contributed by atoms with Crippen molar-refractivity contribution in [2.24, 2.45) is 0 Å². The predicted octanol–water partition coefficient (Wildman–Crippen LogP) is 4.55. The van der Waals surface area contributed by atoms with Crippen LogP contribution in [0.15, 0.2) is 53.7 Å². The molecule has 1 aliphatic heterocycles. The van der Waals surface area contributed by atoms with Gasteiger partial charge in [-0.15, -0.1) is 10.2 Å². The van der Waals surface area contributed by atoms with E-state index in [2.05, 4.69) is 27.4 Å². The smallest absolute Gasteiger partial charge is 0.247 e. The van der Waals surface area contributed by atoms with Crippen LogP contribution in [-0.4, -0.2) is 28.0 Å². The van der Waals surface area contributed by atoms with E-state index in [0.717, 1.165) is 34.7 Å². The molecule has 1 unspecified atom stereocenters. The van der Waals surface area contributed by atoms with Crippen LogP contribution in [0.3, 0.4) is 0 Å². The number of fused-ring (bicyclic) bond motifs is 3. The average Bonchev–Trinajstić information content (AvgIpc) is 2.88. The largest absolute Gasteiger partial charge is 0.497 e. The van der Waals surface area contributed by atoms with Gasteiger partial charge in [-0.25, -0.2) is 0 Å². The van der Waals surface area contributed by atoms with Crippen LogP contribution >= 0.6 is 11.8 Å². The summed E-state index contributed by atoms with van der Waals surface area (Å²) >= 11 is 1.58. The molecule has 1 aliphatic rings. The summed E-state index contributed by atoms with van der Waals surface area (Å²) in [7, 11) is 1.65. The van der Waals surface area contributed by atoms with E-state index < -0.39 is 6.23 Å². The van der Waals surface area contributed by atoms with Gasteiger partial charge in [0.1, 0.15) is 5.75 Å². The molecule has 6 nitrogen and oxygen atoms in total. The Hall–Kier alpha value is -2.80. The Morgan fingerprint density at radius 3 is 2.89 bits per heavy atom. The first-order valence-electron chi connectivity index (χ1n) is 8.82. The van der Waals surface area contributed by atoms with Gasteiger partial charge in [-0.1, -0.05) is 49.0 Å². The highest BCUT2D eigenvalue weighted by Crippen LogP contribution is 2.39. The zero-order valence-corrected chi connectivity index (χ0v) is 16.0. The highest BCUT2D eigenvalue weighted by molar-refractivity contribution is 7.99. The number of ether oxygens (including phenoxy) is 2. The number of methoxy groups -OCH3 is 1. The van der Waals surface area contributed by atoms with Crippen LogP contribution in [-0.2, 0) is 0 Å². The van der Waals surface area contributed by atoms with E-state index in [-0.39, 0.29) is 0 Å². The maximum absolute atomic E-state index is 6.25. The first kappa shape index (κ1) is 17.6. The predicted molar refractivity (Wildman–Crippen MR) is 106 cm³/mol. The summed E-state index contributed by atoms with van der Waals surface area (Å²) in [6, 6.07) is 15.7. The Bertz CT molecular complexity index is 951. The number of hydrogen-bond acceptors (Lipinski definition) is 7. The van der Waals surface area contributed by atoms with E-state index in [9.17, 15) is 0 Å². The Morgan fingerprint density at radius 2 is 2.04 bits per heavy atom. The lowest BCUT2D eigenvalue weighted by atomic mass is 10.1. The highest BCUT2D eigenvalue weighted by atomic mass is 32.2. The summed E-state index contributed by atoms with van der Waals surface area (Å²) in [6.45, 7) is 2.12. The number of nitrogens with one attached hydrogen (secondary N) is 1. The molecule has 7 heteroatoms. The van der Waals surface area contributed by atoms with E-state index in [0.29, 0.717) is 16.7 Å². The molecule has 0 amide bonds. The number of aromatic nitrogens is 3. The SMILES string of the molecule is CCCSc1nnc2c(n1)OC(c1cccc(OC)c1)Nc1ccccc1-2. The molecule has 2 aromatic carbocycles. The van der Waals surface area contributed by atoms with E-state index in [1.165, 1.54) is 0 Å². The lowest BCUT2D eigenvalue weighted by Gasteiger charge is -2.19. The third-order valence-corrected chi connectivity index (χ3v) is 5.21. The maximum atomic E-state index is 6.25. The number of para-hydroxylation sites is 1. The summed E-state index contributed by atoms with van der Waals surface area (Å²) in [5, 5.41) is 12.8. The molecule has 0 saturated heterocycles. The van der Waals surface area contributed by atoms with Crippen molar-refractivity contribution in [3.05, 3.63) is 54.1 Å². The molecule has 2 heterocycles. The first-order chi connectivity index (χ1) is 13.3. The topological polar surface area (TPSA) is 69.2 Å². The maximum Gasteiger partial charge on any atom is 0.247 e. The van der Waals surface area contributed by atoms with Gasteiger partial charge in [0.2, 0.25) is 11.0 Å². The molecule has 138 valence electrons. The van der Waals surface area contributed by atoms with Crippen LogP contribution in [0, 0.1) is 0 Å². The average molecular weight is 380 g/mol. The zero-order valence-electron chi connectivity index (χ0n) is 15.2. The summed E-state index contributed by atoms with van der Waals surface area (Å²) < 4.78 is 11.6. The van der Waals surface area contributed by atoms with Gasteiger partial charge in [0.05, 0.1) is 7.11 Å². The van der Waals surface area contributed by atoms with Gasteiger partial charge in [-0.05, 0) is 24.6 Å². The van der Waals surface area contributed by atoms with Crippen LogP contribution < -0.4 is 14.8 Å². The Labute approximate surface area is 162 Å². The molecule has 0 saturated carbocycles. The van der Waals surface area contributed by atoms with Crippen molar-refractivity contribution in [3.63, 3.8) is 0 Å². The monoisotopic (exact) mass is 380 g/mol. The molecule has 1 atom stereocenters. The minimum atomic E-state index is -0.414. The quantitative estimate of drug-likeness (QED) is 0.651. The van der Waals surface area contributed by atoms with Crippen LogP contribution in [0.1, 0.15) is 25.1 Å². The molecule has 0 bridgehead atoms. The van der Waals surface area contributed by atoms with Crippen molar-refractivity contribution < 1.29 is 9.47 Å². The fraction of sp³-hybridized carbons (Fsp3) is 0.250. The van der Waals surface area contributed by atoms with Gasteiger partial charge >= 0.3 is 0 Å². The lowest BCUT2D eigenvalue weighted by Crippen LogP contribution is -2.17. The number of anilines is 1. The van der Waals surface area contributed by atoms with Gasteiger partial charge in [0.15, 0.2) is 11.9 Å². The first-order valence-corrected chi connectivity index (χ1v) is 9.81. The Kier molecular flexibility index (Phi) is 5.11. The van der Waals surface area contributed by atoms with Gasteiger partial charge in [-0.2, -0.15) is 4.98 Å². The number of rotatable bonds is 5. The van der Waals surface area contributed by atoms with Crippen LogP contribution in [0.5, 0.6) is 11.6 Å².